The third kappa shape index (κ3) is 12.4. The quantitative estimate of drug-likeness (QED) is 0.346. The molecule has 0 saturated carbocycles. The average molecular weight is 368 g/mol. The lowest BCUT2D eigenvalue weighted by Gasteiger charge is -2.08. The molecule has 0 fully saturated rings. The van der Waals surface area contributed by atoms with Gasteiger partial charge in [-0.3, -0.25) is 0 Å². The lowest BCUT2D eigenvalue weighted by atomic mass is 10.2. The molecule has 7 heteroatoms. The molecule has 0 saturated heterocycles. The van der Waals surface area contributed by atoms with Crippen LogP contribution >= 0.6 is 0 Å². The lowest BCUT2D eigenvalue weighted by Crippen LogP contribution is -2.19. The summed E-state index contributed by atoms with van der Waals surface area (Å²) in [5.41, 5.74) is 0.908. The second kappa shape index (κ2) is 15.3. The number of hydrogen-bond donors (Lipinski definition) is 0. The largest absolute Gasteiger partial charge is 0.462 e. The van der Waals surface area contributed by atoms with Crippen molar-refractivity contribution in [2.45, 2.75) is 26.4 Å². The van der Waals surface area contributed by atoms with Crippen LogP contribution in [0.15, 0.2) is 30.3 Å². The first kappa shape index (κ1) is 22.1. The molecule has 1 aromatic rings. The third-order valence-electron chi connectivity index (χ3n) is 3.19. The van der Waals surface area contributed by atoms with E-state index in [1.807, 2.05) is 30.3 Å². The minimum Gasteiger partial charge on any atom is -0.462 e. The Balaban J connectivity index is 1.89. The summed E-state index contributed by atoms with van der Waals surface area (Å²) in [5, 5.41) is 0. The Hall–Kier alpha value is -1.96. The Morgan fingerprint density at radius 3 is 2.08 bits per heavy atom. The molecular formula is C19H28O7. The van der Waals surface area contributed by atoms with E-state index in [0.29, 0.717) is 19.8 Å². The van der Waals surface area contributed by atoms with E-state index in [0.717, 1.165) is 18.4 Å². The van der Waals surface area contributed by atoms with Crippen molar-refractivity contribution in [1.29, 1.82) is 0 Å². The first-order valence-electron chi connectivity index (χ1n) is 8.80. The Kier molecular flexibility index (Phi) is 13.0. The van der Waals surface area contributed by atoms with Gasteiger partial charge in [-0.15, -0.1) is 0 Å². The summed E-state index contributed by atoms with van der Waals surface area (Å²) >= 11 is 0. The number of unbranched alkanes of at least 4 members (excludes halogenated alkanes) is 1. The number of ether oxygens (including phenoxy) is 5. The van der Waals surface area contributed by atoms with Crippen LogP contribution in [0.3, 0.4) is 0 Å². The zero-order valence-electron chi connectivity index (χ0n) is 15.3. The van der Waals surface area contributed by atoms with E-state index < -0.39 is 11.9 Å². The van der Waals surface area contributed by atoms with E-state index in [-0.39, 0.29) is 33.0 Å². The monoisotopic (exact) mass is 368 g/mol. The molecule has 0 aromatic heterocycles. The van der Waals surface area contributed by atoms with Crippen LogP contribution in [0, 0.1) is 0 Å². The smallest absolute Gasteiger partial charge is 0.332 e. The number of benzene rings is 1. The van der Waals surface area contributed by atoms with Gasteiger partial charge in [0.05, 0.1) is 19.8 Å². The first-order valence-corrected chi connectivity index (χ1v) is 8.80. The second-order valence-corrected chi connectivity index (χ2v) is 5.44. The van der Waals surface area contributed by atoms with Crippen LogP contribution in [0.1, 0.15) is 25.3 Å². The maximum absolute atomic E-state index is 11.5. The standard InChI is InChI=1S/C19H28O7/c1-2-3-9-22-10-11-23-15-18(20)25-13-12-24-16-19(21)26-14-17-7-5-4-6-8-17/h4-8H,2-3,9-16H2,1H3. The Labute approximate surface area is 154 Å². The van der Waals surface area contributed by atoms with Gasteiger partial charge < -0.3 is 23.7 Å². The lowest BCUT2D eigenvalue weighted by molar-refractivity contribution is -0.154. The normalized spacial score (nSPS) is 10.5. The molecule has 0 amide bonds. The van der Waals surface area contributed by atoms with Gasteiger partial charge >= 0.3 is 11.9 Å². The van der Waals surface area contributed by atoms with Gasteiger partial charge in [-0.25, -0.2) is 9.59 Å². The van der Waals surface area contributed by atoms with Gasteiger partial charge in [0.2, 0.25) is 0 Å². The predicted molar refractivity (Wildman–Crippen MR) is 94.6 cm³/mol. The molecule has 0 atom stereocenters. The van der Waals surface area contributed by atoms with Gasteiger partial charge in [0, 0.05) is 6.61 Å². The zero-order chi connectivity index (χ0) is 18.9. The van der Waals surface area contributed by atoms with Crippen LogP contribution in [0.5, 0.6) is 0 Å². The van der Waals surface area contributed by atoms with Crippen molar-refractivity contribution in [3.05, 3.63) is 35.9 Å². The molecule has 1 aromatic carbocycles. The molecule has 1 rings (SSSR count). The molecular weight excluding hydrogens is 340 g/mol. The minimum atomic E-state index is -0.478. The highest BCUT2D eigenvalue weighted by molar-refractivity contribution is 5.71. The molecule has 0 aliphatic rings. The summed E-state index contributed by atoms with van der Waals surface area (Å²) in [6.07, 6.45) is 2.10. The Morgan fingerprint density at radius 1 is 0.769 bits per heavy atom. The maximum atomic E-state index is 11.5. The summed E-state index contributed by atoms with van der Waals surface area (Å²) in [7, 11) is 0. The molecule has 0 aliphatic carbocycles. The predicted octanol–water partition coefficient (Wildman–Crippen LogP) is 2.12. The van der Waals surface area contributed by atoms with Crippen molar-refractivity contribution in [3.63, 3.8) is 0 Å². The van der Waals surface area contributed by atoms with Crippen LogP contribution in [0.25, 0.3) is 0 Å². The number of esters is 2. The van der Waals surface area contributed by atoms with Crippen molar-refractivity contribution in [2.24, 2.45) is 0 Å². The van der Waals surface area contributed by atoms with E-state index in [2.05, 4.69) is 6.92 Å². The molecule has 0 spiro atoms. The summed E-state index contributed by atoms with van der Waals surface area (Å²) in [6.45, 7) is 3.67. The van der Waals surface area contributed by atoms with Crippen LogP contribution < -0.4 is 0 Å². The summed E-state index contributed by atoms with van der Waals surface area (Å²) in [6, 6.07) is 9.37. The summed E-state index contributed by atoms with van der Waals surface area (Å²) < 4.78 is 25.5. The summed E-state index contributed by atoms with van der Waals surface area (Å²) in [4.78, 5) is 22.9. The molecule has 0 radical (unpaired) electrons. The average Bonchev–Trinajstić information content (AvgIpc) is 2.66. The van der Waals surface area contributed by atoms with E-state index in [9.17, 15) is 9.59 Å². The molecule has 0 aliphatic heterocycles. The number of carbonyl (C=O) groups is 2. The highest BCUT2D eigenvalue weighted by atomic mass is 16.6. The number of rotatable bonds is 15. The van der Waals surface area contributed by atoms with Crippen LogP contribution in [0.2, 0.25) is 0 Å². The molecule has 0 N–H and O–H groups in total. The third-order valence-corrected chi connectivity index (χ3v) is 3.19. The Morgan fingerprint density at radius 2 is 1.38 bits per heavy atom. The van der Waals surface area contributed by atoms with E-state index >= 15 is 0 Å². The van der Waals surface area contributed by atoms with E-state index in [1.165, 1.54) is 0 Å². The fourth-order valence-corrected chi connectivity index (χ4v) is 1.81. The zero-order valence-corrected chi connectivity index (χ0v) is 15.3. The molecule has 0 bridgehead atoms. The fraction of sp³-hybridized carbons (Fsp3) is 0.579. The van der Waals surface area contributed by atoms with Gasteiger partial charge in [0.25, 0.3) is 0 Å². The van der Waals surface area contributed by atoms with Crippen molar-refractivity contribution >= 4 is 11.9 Å². The molecule has 0 unspecified atom stereocenters. The van der Waals surface area contributed by atoms with E-state index in [1.54, 1.807) is 0 Å². The first-order chi connectivity index (χ1) is 12.7. The minimum absolute atomic E-state index is 0.0567. The molecule has 26 heavy (non-hydrogen) atoms. The second-order valence-electron chi connectivity index (χ2n) is 5.44. The highest BCUT2D eigenvalue weighted by Gasteiger charge is 2.05. The highest BCUT2D eigenvalue weighted by Crippen LogP contribution is 2.00. The molecule has 7 nitrogen and oxygen atoms in total. The van der Waals surface area contributed by atoms with E-state index in [4.69, 9.17) is 23.7 Å². The van der Waals surface area contributed by atoms with Crippen LogP contribution in [0.4, 0.5) is 0 Å². The molecule has 0 heterocycles. The fourth-order valence-electron chi connectivity index (χ4n) is 1.81. The van der Waals surface area contributed by atoms with Crippen molar-refractivity contribution in [3.8, 4) is 0 Å². The SMILES string of the molecule is CCCCOCCOCC(=O)OCCOCC(=O)OCc1ccccc1. The Bertz CT molecular complexity index is 490. The van der Waals surface area contributed by atoms with Gasteiger partial charge in [-0.2, -0.15) is 0 Å². The maximum Gasteiger partial charge on any atom is 0.332 e. The van der Waals surface area contributed by atoms with Crippen molar-refractivity contribution in [1.82, 2.24) is 0 Å². The molecule has 146 valence electrons. The van der Waals surface area contributed by atoms with Gasteiger partial charge in [0.1, 0.15) is 26.4 Å². The number of carbonyl (C=O) groups excluding carboxylic acids is 2. The van der Waals surface area contributed by atoms with Crippen LogP contribution in [-0.4, -0.2) is 58.2 Å². The van der Waals surface area contributed by atoms with Gasteiger partial charge in [0.15, 0.2) is 0 Å². The number of hydrogen-bond acceptors (Lipinski definition) is 7. The topological polar surface area (TPSA) is 80.3 Å². The summed E-state index contributed by atoms with van der Waals surface area (Å²) in [5.74, 6) is -0.944. The van der Waals surface area contributed by atoms with Crippen molar-refractivity contribution < 1.29 is 33.3 Å². The van der Waals surface area contributed by atoms with Crippen LogP contribution in [-0.2, 0) is 39.9 Å². The van der Waals surface area contributed by atoms with Gasteiger partial charge in [-0.1, -0.05) is 43.7 Å². The van der Waals surface area contributed by atoms with Crippen molar-refractivity contribution in [2.75, 3.05) is 46.2 Å². The van der Waals surface area contributed by atoms with Gasteiger partial charge in [-0.05, 0) is 12.0 Å².